The number of rotatable bonds is 1. The quantitative estimate of drug-likeness (QED) is 0.659. The van der Waals surface area contributed by atoms with Crippen LogP contribution in [0.15, 0.2) is 17.5 Å². The zero-order chi connectivity index (χ0) is 8.39. The minimum atomic E-state index is 0.370. The number of thiophene rings is 1. The number of hydrogen-bond acceptors (Lipinski definition) is 3. The van der Waals surface area contributed by atoms with Crippen molar-refractivity contribution in [3.05, 3.63) is 17.5 Å². The molecule has 1 aliphatic heterocycles. The van der Waals surface area contributed by atoms with Crippen LogP contribution in [-0.2, 0) is 4.79 Å². The molecule has 1 aromatic rings. The maximum Gasteiger partial charge on any atom is 0.152 e. The molecule has 2 heterocycles. The van der Waals surface area contributed by atoms with Crippen molar-refractivity contribution >= 4 is 22.1 Å². The van der Waals surface area contributed by atoms with Crippen LogP contribution in [0.1, 0.15) is 12.8 Å². The van der Waals surface area contributed by atoms with Crippen LogP contribution in [0.3, 0.4) is 0 Å². The zero-order valence-corrected chi connectivity index (χ0v) is 7.64. The van der Waals surface area contributed by atoms with E-state index < -0.39 is 0 Å². The fourth-order valence-corrected chi connectivity index (χ4v) is 2.23. The van der Waals surface area contributed by atoms with Gasteiger partial charge in [0.15, 0.2) is 5.78 Å². The summed E-state index contributed by atoms with van der Waals surface area (Å²) >= 11 is 1.71. The Bertz CT molecular complexity index is 268. The summed E-state index contributed by atoms with van der Waals surface area (Å²) in [5, 5.41) is 3.28. The molecule has 1 saturated heterocycles. The van der Waals surface area contributed by atoms with Crippen molar-refractivity contribution < 1.29 is 4.79 Å². The van der Waals surface area contributed by atoms with Crippen LogP contribution in [0.25, 0.3) is 0 Å². The normalized spacial score (nSPS) is 18.3. The smallest absolute Gasteiger partial charge is 0.152 e. The number of carbonyl (C=O) groups excluding carboxylic acids is 1. The van der Waals surface area contributed by atoms with Crippen molar-refractivity contribution in [1.29, 1.82) is 0 Å². The van der Waals surface area contributed by atoms with E-state index in [1.165, 1.54) is 5.00 Å². The highest BCUT2D eigenvalue weighted by Crippen LogP contribution is 2.23. The third kappa shape index (κ3) is 1.50. The molecule has 0 spiro atoms. The first-order chi connectivity index (χ1) is 5.86. The van der Waals surface area contributed by atoms with Gasteiger partial charge in [0, 0.05) is 13.0 Å². The van der Waals surface area contributed by atoms with Crippen molar-refractivity contribution in [1.82, 2.24) is 0 Å². The Balaban J connectivity index is 2.09. The predicted octanol–water partition coefficient (Wildman–Crippen LogP) is 1.92. The summed E-state index contributed by atoms with van der Waals surface area (Å²) in [5.41, 5.74) is 0. The standard InChI is InChI=1S/C9H11NOS/c11-8-3-1-5-10(7-8)9-4-2-6-12-9/h2,4,6H,1,3,5,7H2. The molecule has 1 aliphatic rings. The molecule has 0 N–H and O–H groups in total. The predicted molar refractivity (Wildman–Crippen MR) is 50.8 cm³/mol. The molecular weight excluding hydrogens is 170 g/mol. The van der Waals surface area contributed by atoms with Crippen LogP contribution in [0.2, 0.25) is 0 Å². The van der Waals surface area contributed by atoms with Gasteiger partial charge in [-0.3, -0.25) is 4.79 Å². The molecule has 64 valence electrons. The summed E-state index contributed by atoms with van der Waals surface area (Å²) in [6, 6.07) is 4.10. The lowest BCUT2D eigenvalue weighted by Crippen LogP contribution is -2.34. The summed E-state index contributed by atoms with van der Waals surface area (Å²) in [4.78, 5) is 13.3. The van der Waals surface area contributed by atoms with Gasteiger partial charge in [0.1, 0.15) is 0 Å². The number of hydrogen-bond donors (Lipinski definition) is 0. The lowest BCUT2D eigenvalue weighted by molar-refractivity contribution is -0.118. The van der Waals surface area contributed by atoms with Crippen molar-refractivity contribution in [2.24, 2.45) is 0 Å². The SMILES string of the molecule is O=C1CCCN(c2cccs2)C1. The van der Waals surface area contributed by atoms with Gasteiger partial charge < -0.3 is 4.90 Å². The van der Waals surface area contributed by atoms with E-state index in [-0.39, 0.29) is 0 Å². The minimum Gasteiger partial charge on any atom is -0.356 e. The van der Waals surface area contributed by atoms with E-state index in [1.54, 1.807) is 11.3 Å². The highest BCUT2D eigenvalue weighted by molar-refractivity contribution is 7.14. The first-order valence-corrected chi connectivity index (χ1v) is 5.04. The van der Waals surface area contributed by atoms with Gasteiger partial charge in [-0.25, -0.2) is 0 Å². The summed E-state index contributed by atoms with van der Waals surface area (Å²) in [7, 11) is 0. The number of piperidine rings is 1. The molecule has 0 aliphatic carbocycles. The molecule has 0 amide bonds. The monoisotopic (exact) mass is 181 g/mol. The lowest BCUT2D eigenvalue weighted by Gasteiger charge is -2.25. The van der Waals surface area contributed by atoms with E-state index in [1.807, 2.05) is 6.07 Å². The van der Waals surface area contributed by atoms with Gasteiger partial charge in [0.05, 0.1) is 11.5 Å². The Labute approximate surface area is 75.8 Å². The fourth-order valence-electron chi connectivity index (χ4n) is 1.48. The average Bonchev–Trinajstić information content (AvgIpc) is 2.56. The van der Waals surface area contributed by atoms with Crippen LogP contribution >= 0.6 is 11.3 Å². The summed E-state index contributed by atoms with van der Waals surface area (Å²) in [5.74, 6) is 0.370. The molecule has 0 aromatic carbocycles. The van der Waals surface area contributed by atoms with E-state index in [9.17, 15) is 4.79 Å². The van der Waals surface area contributed by atoms with E-state index in [4.69, 9.17) is 0 Å². The number of carbonyl (C=O) groups is 1. The zero-order valence-electron chi connectivity index (χ0n) is 6.82. The third-order valence-corrected chi connectivity index (χ3v) is 3.00. The van der Waals surface area contributed by atoms with Gasteiger partial charge in [-0.15, -0.1) is 11.3 Å². The van der Waals surface area contributed by atoms with Gasteiger partial charge in [0.2, 0.25) is 0 Å². The highest BCUT2D eigenvalue weighted by Gasteiger charge is 2.16. The van der Waals surface area contributed by atoms with Gasteiger partial charge >= 0.3 is 0 Å². The molecule has 0 atom stereocenters. The highest BCUT2D eigenvalue weighted by atomic mass is 32.1. The Kier molecular flexibility index (Phi) is 2.13. The maximum atomic E-state index is 11.1. The number of anilines is 1. The largest absolute Gasteiger partial charge is 0.356 e. The van der Waals surface area contributed by atoms with Gasteiger partial charge in [0.25, 0.3) is 0 Å². The van der Waals surface area contributed by atoms with E-state index in [0.717, 1.165) is 19.4 Å². The molecule has 0 saturated carbocycles. The van der Waals surface area contributed by atoms with Crippen LogP contribution in [-0.4, -0.2) is 18.9 Å². The minimum absolute atomic E-state index is 0.370. The Hall–Kier alpha value is -0.830. The summed E-state index contributed by atoms with van der Waals surface area (Å²) in [6.07, 6.45) is 1.78. The number of ketones is 1. The number of nitrogens with zero attached hydrogens (tertiary/aromatic N) is 1. The Morgan fingerprint density at radius 2 is 2.42 bits per heavy atom. The fraction of sp³-hybridized carbons (Fsp3) is 0.444. The Morgan fingerprint density at radius 1 is 1.50 bits per heavy atom. The van der Waals surface area contributed by atoms with Gasteiger partial charge in [-0.2, -0.15) is 0 Å². The molecular formula is C9H11NOS. The van der Waals surface area contributed by atoms with Crippen LogP contribution in [0, 0.1) is 0 Å². The van der Waals surface area contributed by atoms with Crippen LogP contribution in [0.5, 0.6) is 0 Å². The molecule has 0 bridgehead atoms. The second-order valence-electron chi connectivity index (χ2n) is 3.02. The van der Waals surface area contributed by atoms with Crippen molar-refractivity contribution in [3.8, 4) is 0 Å². The first kappa shape index (κ1) is 7.80. The molecule has 2 nitrogen and oxygen atoms in total. The van der Waals surface area contributed by atoms with Crippen molar-refractivity contribution in [2.75, 3.05) is 18.0 Å². The number of Topliss-reactive ketones (excluding diaryl/α,β-unsaturated/α-hetero) is 1. The van der Waals surface area contributed by atoms with Crippen molar-refractivity contribution in [3.63, 3.8) is 0 Å². The van der Waals surface area contributed by atoms with E-state index >= 15 is 0 Å². The van der Waals surface area contributed by atoms with Crippen molar-refractivity contribution in [2.45, 2.75) is 12.8 Å². The maximum absolute atomic E-state index is 11.1. The first-order valence-electron chi connectivity index (χ1n) is 4.16. The van der Waals surface area contributed by atoms with Crippen LogP contribution in [0.4, 0.5) is 5.00 Å². The Morgan fingerprint density at radius 3 is 3.08 bits per heavy atom. The second kappa shape index (κ2) is 3.27. The summed E-state index contributed by atoms with van der Waals surface area (Å²) in [6.45, 7) is 1.65. The molecule has 2 rings (SSSR count). The van der Waals surface area contributed by atoms with Gasteiger partial charge in [-0.05, 0) is 23.9 Å². The van der Waals surface area contributed by atoms with E-state index in [0.29, 0.717) is 12.3 Å². The molecule has 1 fully saturated rings. The van der Waals surface area contributed by atoms with E-state index in [2.05, 4.69) is 16.3 Å². The average molecular weight is 181 g/mol. The molecule has 0 unspecified atom stereocenters. The molecule has 3 heteroatoms. The summed E-state index contributed by atoms with van der Waals surface area (Å²) < 4.78 is 0. The third-order valence-electron chi connectivity index (χ3n) is 2.07. The lowest BCUT2D eigenvalue weighted by atomic mass is 10.1. The van der Waals surface area contributed by atoms with Gasteiger partial charge in [-0.1, -0.05) is 0 Å². The topological polar surface area (TPSA) is 20.3 Å². The molecule has 12 heavy (non-hydrogen) atoms. The molecule has 1 aromatic heterocycles. The second-order valence-corrected chi connectivity index (χ2v) is 3.94. The van der Waals surface area contributed by atoms with Crippen LogP contribution < -0.4 is 4.90 Å². The molecule has 0 radical (unpaired) electrons.